The fraction of sp³-hybridized carbons (Fsp3) is 0.484. The van der Waals surface area contributed by atoms with E-state index < -0.39 is 16.1 Å². The molecule has 2 aliphatic carbocycles. The van der Waals surface area contributed by atoms with Crippen LogP contribution in [0.3, 0.4) is 0 Å². The molecule has 8 nitrogen and oxygen atoms in total. The first kappa shape index (κ1) is 29.8. The third-order valence-corrected chi connectivity index (χ3v) is 9.11. The summed E-state index contributed by atoms with van der Waals surface area (Å²) in [5.41, 5.74) is 3.16. The monoisotopic (exact) mass is 567 g/mol. The second kappa shape index (κ2) is 13.9. The lowest BCUT2D eigenvalue weighted by atomic mass is 9.97. The van der Waals surface area contributed by atoms with Crippen molar-refractivity contribution in [2.75, 3.05) is 13.7 Å². The second-order valence-electron chi connectivity index (χ2n) is 10.7. The van der Waals surface area contributed by atoms with Crippen molar-refractivity contribution in [2.24, 2.45) is 0 Å². The molecule has 1 saturated carbocycles. The molecular formula is C31H41N3O5S. The number of carbonyl (C=O) groups excluding carboxylic acids is 2. The predicted molar refractivity (Wildman–Crippen MR) is 155 cm³/mol. The Balaban J connectivity index is 1.38. The number of hydrogen-bond donors (Lipinski definition) is 2. The standard InChI is InChI=1S/C31H41N3O5S/c1-23(31(36)32-21-20-24-6-4-3-5-7-24)34(22-26-8-15-28(39-2)16-9-26)30(35)19-12-25-10-17-29(18-11-25)40(37,38)33-27-13-14-27/h6,8-11,15-18,23,27,33H,3-5,7,12-14,19-22H2,1-2H3,(H,32,36)/t23-/m1/s1. The fourth-order valence-electron chi connectivity index (χ4n) is 4.85. The molecule has 2 N–H and O–H groups in total. The molecule has 2 aliphatic rings. The van der Waals surface area contributed by atoms with E-state index in [0.29, 0.717) is 19.5 Å². The summed E-state index contributed by atoms with van der Waals surface area (Å²) < 4.78 is 32.8. The van der Waals surface area contributed by atoms with E-state index in [2.05, 4.69) is 16.1 Å². The van der Waals surface area contributed by atoms with E-state index in [1.165, 1.54) is 18.4 Å². The van der Waals surface area contributed by atoms with E-state index in [4.69, 9.17) is 4.74 Å². The van der Waals surface area contributed by atoms with Gasteiger partial charge in [-0.1, -0.05) is 35.9 Å². The Morgan fingerprint density at radius 1 is 1.00 bits per heavy atom. The first-order valence-electron chi connectivity index (χ1n) is 14.2. The number of allylic oxidation sites excluding steroid dienone is 1. The third kappa shape index (κ3) is 8.66. The van der Waals surface area contributed by atoms with Gasteiger partial charge in [0.2, 0.25) is 21.8 Å². The van der Waals surface area contributed by atoms with Crippen LogP contribution in [0.2, 0.25) is 0 Å². The molecule has 1 fully saturated rings. The van der Waals surface area contributed by atoms with Gasteiger partial charge in [-0.2, -0.15) is 0 Å². The lowest BCUT2D eigenvalue weighted by Gasteiger charge is -2.29. The summed E-state index contributed by atoms with van der Waals surface area (Å²) in [5, 5.41) is 3.02. The summed E-state index contributed by atoms with van der Waals surface area (Å²) in [7, 11) is -1.91. The zero-order chi connectivity index (χ0) is 28.5. The molecule has 2 aromatic carbocycles. The number of sulfonamides is 1. The highest BCUT2D eigenvalue weighted by Gasteiger charge is 2.28. The van der Waals surface area contributed by atoms with Gasteiger partial charge in [-0.3, -0.25) is 9.59 Å². The van der Waals surface area contributed by atoms with Crippen molar-refractivity contribution < 1.29 is 22.7 Å². The average molecular weight is 568 g/mol. The molecular weight excluding hydrogens is 526 g/mol. The quantitative estimate of drug-likeness (QED) is 0.327. The maximum atomic E-state index is 13.5. The van der Waals surface area contributed by atoms with E-state index in [1.54, 1.807) is 43.2 Å². The van der Waals surface area contributed by atoms with Crippen LogP contribution in [0.25, 0.3) is 0 Å². The minimum atomic E-state index is -3.52. The summed E-state index contributed by atoms with van der Waals surface area (Å²) in [6, 6.07) is 13.5. The van der Waals surface area contributed by atoms with Crippen molar-refractivity contribution in [1.82, 2.24) is 14.9 Å². The van der Waals surface area contributed by atoms with Crippen molar-refractivity contribution in [3.8, 4) is 5.75 Å². The number of carbonyl (C=O) groups is 2. The van der Waals surface area contributed by atoms with Gasteiger partial charge in [0.05, 0.1) is 12.0 Å². The molecule has 216 valence electrons. The molecule has 0 unspecified atom stereocenters. The van der Waals surface area contributed by atoms with Crippen molar-refractivity contribution in [1.29, 1.82) is 0 Å². The molecule has 0 bridgehead atoms. The van der Waals surface area contributed by atoms with Crippen molar-refractivity contribution >= 4 is 21.8 Å². The van der Waals surface area contributed by atoms with Crippen LogP contribution < -0.4 is 14.8 Å². The summed E-state index contributed by atoms with van der Waals surface area (Å²) >= 11 is 0. The average Bonchev–Trinajstić information content (AvgIpc) is 3.78. The number of ether oxygens (including phenoxy) is 1. The Bertz CT molecular complexity index is 1290. The molecule has 0 heterocycles. The number of hydrogen-bond acceptors (Lipinski definition) is 5. The molecule has 0 spiro atoms. The van der Waals surface area contributed by atoms with E-state index in [1.807, 2.05) is 24.3 Å². The Morgan fingerprint density at radius 2 is 1.70 bits per heavy atom. The smallest absolute Gasteiger partial charge is 0.242 e. The van der Waals surface area contributed by atoms with Gasteiger partial charge in [0.25, 0.3) is 0 Å². The van der Waals surface area contributed by atoms with Gasteiger partial charge in [0.15, 0.2) is 0 Å². The summed E-state index contributed by atoms with van der Waals surface area (Å²) in [6.07, 6.45) is 10.2. The third-order valence-electron chi connectivity index (χ3n) is 7.57. The van der Waals surface area contributed by atoms with Gasteiger partial charge >= 0.3 is 0 Å². The van der Waals surface area contributed by atoms with Crippen LogP contribution in [0.4, 0.5) is 0 Å². The zero-order valence-electron chi connectivity index (χ0n) is 23.5. The maximum absolute atomic E-state index is 13.5. The number of aryl methyl sites for hydroxylation is 1. The highest BCUT2D eigenvalue weighted by atomic mass is 32.2. The van der Waals surface area contributed by atoms with Gasteiger partial charge in [-0.05, 0) is 93.7 Å². The molecule has 9 heteroatoms. The van der Waals surface area contributed by atoms with Gasteiger partial charge in [-0.25, -0.2) is 13.1 Å². The van der Waals surface area contributed by atoms with Crippen LogP contribution in [0.15, 0.2) is 65.1 Å². The summed E-state index contributed by atoms with van der Waals surface area (Å²) in [6.45, 7) is 2.63. The van der Waals surface area contributed by atoms with E-state index >= 15 is 0 Å². The van der Waals surface area contributed by atoms with Crippen LogP contribution in [0.5, 0.6) is 5.75 Å². The Labute approximate surface area is 238 Å². The molecule has 2 aromatic rings. The first-order chi connectivity index (χ1) is 19.2. The highest BCUT2D eigenvalue weighted by molar-refractivity contribution is 7.89. The number of methoxy groups -OCH3 is 1. The van der Waals surface area contributed by atoms with Crippen molar-refractivity contribution in [2.45, 2.75) is 88.2 Å². The number of benzene rings is 2. The molecule has 4 rings (SSSR count). The summed E-state index contributed by atoms with van der Waals surface area (Å²) in [5.74, 6) is 0.416. The van der Waals surface area contributed by atoms with Crippen molar-refractivity contribution in [3.63, 3.8) is 0 Å². The van der Waals surface area contributed by atoms with Crippen LogP contribution in [0.1, 0.15) is 69.4 Å². The fourth-order valence-corrected chi connectivity index (χ4v) is 6.16. The molecule has 0 radical (unpaired) electrons. The Hall–Kier alpha value is -3.17. The first-order valence-corrected chi connectivity index (χ1v) is 15.7. The number of nitrogens with zero attached hydrogens (tertiary/aromatic N) is 1. The van der Waals surface area contributed by atoms with Gasteiger partial charge in [-0.15, -0.1) is 0 Å². The highest BCUT2D eigenvalue weighted by Crippen LogP contribution is 2.23. The summed E-state index contributed by atoms with van der Waals surface area (Å²) in [4.78, 5) is 28.4. The number of rotatable bonds is 14. The van der Waals surface area contributed by atoms with Gasteiger partial charge in [0, 0.05) is 25.6 Å². The molecule has 0 aliphatic heterocycles. The van der Waals surface area contributed by atoms with E-state index in [-0.39, 0.29) is 29.2 Å². The van der Waals surface area contributed by atoms with Crippen LogP contribution >= 0.6 is 0 Å². The van der Waals surface area contributed by atoms with E-state index in [0.717, 1.165) is 49.0 Å². The lowest BCUT2D eigenvalue weighted by Crippen LogP contribution is -2.47. The zero-order valence-corrected chi connectivity index (χ0v) is 24.3. The normalized spacial score (nSPS) is 16.1. The molecule has 0 aromatic heterocycles. The number of amides is 2. The minimum absolute atomic E-state index is 0.0440. The Kier molecular flexibility index (Phi) is 10.4. The SMILES string of the molecule is COc1ccc(CN(C(=O)CCc2ccc(S(=O)(=O)NC3CC3)cc2)[C@H](C)C(=O)NCCC2=CCCCC2)cc1. The maximum Gasteiger partial charge on any atom is 0.242 e. The van der Waals surface area contributed by atoms with Crippen LogP contribution in [-0.4, -0.2) is 50.9 Å². The van der Waals surface area contributed by atoms with Crippen molar-refractivity contribution in [3.05, 3.63) is 71.3 Å². The van der Waals surface area contributed by atoms with Crippen LogP contribution in [-0.2, 0) is 32.6 Å². The van der Waals surface area contributed by atoms with Crippen LogP contribution in [0, 0.1) is 0 Å². The molecule has 40 heavy (non-hydrogen) atoms. The predicted octanol–water partition coefficient (Wildman–Crippen LogP) is 4.49. The molecule has 0 saturated heterocycles. The second-order valence-corrected chi connectivity index (χ2v) is 12.4. The minimum Gasteiger partial charge on any atom is -0.497 e. The lowest BCUT2D eigenvalue weighted by molar-refractivity contribution is -0.140. The van der Waals surface area contributed by atoms with Gasteiger partial charge in [0.1, 0.15) is 11.8 Å². The molecule has 2 amide bonds. The molecule has 1 atom stereocenters. The van der Waals surface area contributed by atoms with E-state index in [9.17, 15) is 18.0 Å². The number of nitrogens with one attached hydrogen (secondary N) is 2. The largest absolute Gasteiger partial charge is 0.497 e. The Morgan fingerprint density at radius 3 is 2.33 bits per heavy atom. The van der Waals surface area contributed by atoms with Gasteiger partial charge < -0.3 is 15.0 Å². The topological polar surface area (TPSA) is 105 Å².